The Morgan fingerprint density at radius 2 is 2.18 bits per heavy atom. The minimum Gasteiger partial charge on any atom is -0.476 e. The molecule has 1 aliphatic rings. The zero-order valence-corrected chi connectivity index (χ0v) is 13.4. The van der Waals surface area contributed by atoms with Crippen LogP contribution in [0.15, 0.2) is 0 Å². The summed E-state index contributed by atoms with van der Waals surface area (Å²) in [5.41, 5.74) is 7.50. The third-order valence-electron chi connectivity index (χ3n) is 3.71. The molecule has 3 N–H and O–H groups in total. The van der Waals surface area contributed by atoms with Gasteiger partial charge >= 0.3 is 5.97 Å². The van der Waals surface area contributed by atoms with Crippen LogP contribution in [0.4, 0.5) is 13.8 Å². The molecule has 0 amide bonds. The van der Waals surface area contributed by atoms with Gasteiger partial charge in [0, 0.05) is 28.2 Å². The molecular weight excluding hydrogens is 330 g/mol. The van der Waals surface area contributed by atoms with Gasteiger partial charge in [-0.25, -0.2) is 18.6 Å². The minimum atomic E-state index is -2.69. The second-order valence-corrected chi connectivity index (χ2v) is 7.45. The van der Waals surface area contributed by atoms with Crippen LogP contribution in [0.2, 0.25) is 0 Å². The summed E-state index contributed by atoms with van der Waals surface area (Å²) >= 11 is 2.44. The van der Waals surface area contributed by atoms with E-state index >= 15 is 0 Å². The number of rotatable bonds is 3. The monoisotopic (exact) mass is 344 g/mol. The van der Waals surface area contributed by atoms with E-state index in [-0.39, 0.29) is 25.0 Å². The van der Waals surface area contributed by atoms with Gasteiger partial charge in [0.2, 0.25) is 0 Å². The lowest BCUT2D eigenvalue weighted by atomic mass is 9.93. The molecule has 4 nitrogen and oxygen atoms in total. The maximum atomic E-state index is 13.5. The number of aromatic carboxylic acids is 1. The van der Waals surface area contributed by atoms with Gasteiger partial charge in [0.05, 0.1) is 5.00 Å². The number of nitrogen functional groups attached to an aromatic ring is 1. The summed E-state index contributed by atoms with van der Waals surface area (Å²) in [7, 11) is 0. The number of nitrogens with two attached hydrogens (primary N) is 1. The Bertz CT molecular complexity index is 752. The molecule has 0 spiro atoms. The number of nitrogens with zero attached hydrogens (tertiary/aromatic N) is 1. The maximum Gasteiger partial charge on any atom is 0.355 e. The average molecular weight is 344 g/mol. The quantitative estimate of drug-likeness (QED) is 0.887. The predicted molar refractivity (Wildman–Crippen MR) is 83.1 cm³/mol. The highest BCUT2D eigenvalue weighted by Gasteiger charge is 2.37. The van der Waals surface area contributed by atoms with Crippen molar-refractivity contribution in [1.82, 2.24) is 4.98 Å². The van der Waals surface area contributed by atoms with Crippen molar-refractivity contribution in [1.29, 1.82) is 0 Å². The van der Waals surface area contributed by atoms with Crippen LogP contribution in [0.1, 0.15) is 39.2 Å². The Morgan fingerprint density at radius 3 is 2.77 bits per heavy atom. The van der Waals surface area contributed by atoms with Crippen LogP contribution in [-0.2, 0) is 19.3 Å². The number of thiazole rings is 1. The van der Waals surface area contributed by atoms with E-state index in [0.717, 1.165) is 16.9 Å². The number of fused-ring (bicyclic) bond motifs is 1. The van der Waals surface area contributed by atoms with Gasteiger partial charge in [-0.1, -0.05) is 6.92 Å². The number of aryl methyl sites for hydroxylation is 1. The topological polar surface area (TPSA) is 76.2 Å². The fourth-order valence-corrected chi connectivity index (χ4v) is 5.01. The van der Waals surface area contributed by atoms with Crippen molar-refractivity contribution in [2.75, 3.05) is 5.73 Å². The molecule has 0 saturated carbocycles. The third kappa shape index (κ3) is 2.50. The molecule has 0 atom stereocenters. The molecule has 0 radical (unpaired) electrons. The Kier molecular flexibility index (Phi) is 3.68. The molecule has 3 rings (SSSR count). The normalized spacial score (nSPS) is 16.5. The van der Waals surface area contributed by atoms with Gasteiger partial charge in [-0.2, -0.15) is 0 Å². The predicted octanol–water partition coefficient (Wildman–Crippen LogP) is 3.84. The van der Waals surface area contributed by atoms with E-state index in [0.29, 0.717) is 31.7 Å². The van der Waals surface area contributed by atoms with Crippen LogP contribution >= 0.6 is 22.7 Å². The molecule has 0 bridgehead atoms. The van der Waals surface area contributed by atoms with Crippen LogP contribution in [-0.4, -0.2) is 22.0 Å². The molecule has 118 valence electrons. The number of halogens is 2. The van der Waals surface area contributed by atoms with Crippen molar-refractivity contribution in [3.63, 3.8) is 0 Å². The van der Waals surface area contributed by atoms with E-state index in [2.05, 4.69) is 4.98 Å². The number of alkyl halides is 2. The fraction of sp³-hybridized carbons (Fsp3) is 0.429. The third-order valence-corrected chi connectivity index (χ3v) is 5.99. The van der Waals surface area contributed by atoms with Gasteiger partial charge in [0.25, 0.3) is 5.92 Å². The Balaban J connectivity index is 2.11. The standard InChI is InChI=1S/C14H14F2N2O2S2/c1-2-7-10(13(19)20)18-12(22-7)9-6-3-4-14(15,16)5-8(6)21-11(9)17/h2-5,17H2,1H3,(H,19,20). The lowest BCUT2D eigenvalue weighted by Gasteiger charge is -2.21. The van der Waals surface area contributed by atoms with E-state index in [1.165, 1.54) is 11.3 Å². The summed E-state index contributed by atoms with van der Waals surface area (Å²) in [6, 6.07) is 0. The van der Waals surface area contributed by atoms with E-state index in [4.69, 9.17) is 5.73 Å². The molecule has 22 heavy (non-hydrogen) atoms. The fourth-order valence-electron chi connectivity index (χ4n) is 2.67. The smallest absolute Gasteiger partial charge is 0.355 e. The van der Waals surface area contributed by atoms with E-state index in [9.17, 15) is 18.7 Å². The lowest BCUT2D eigenvalue weighted by molar-refractivity contribution is -0.0111. The Morgan fingerprint density at radius 1 is 1.45 bits per heavy atom. The number of carbonyl (C=O) groups is 1. The van der Waals surface area contributed by atoms with Crippen LogP contribution in [0.3, 0.4) is 0 Å². The van der Waals surface area contributed by atoms with Crippen LogP contribution < -0.4 is 5.73 Å². The Labute approximate surface area is 133 Å². The zero-order valence-electron chi connectivity index (χ0n) is 11.8. The molecule has 2 aromatic rings. The lowest BCUT2D eigenvalue weighted by Crippen LogP contribution is -2.24. The molecule has 2 heterocycles. The summed E-state index contributed by atoms with van der Waals surface area (Å²) in [6.07, 6.45) is 0.300. The number of thiophene rings is 1. The van der Waals surface area contributed by atoms with Gasteiger partial charge in [-0.15, -0.1) is 22.7 Å². The summed E-state index contributed by atoms with van der Waals surface area (Å²) in [5.74, 6) is -3.76. The van der Waals surface area contributed by atoms with Crippen molar-refractivity contribution in [3.05, 3.63) is 21.0 Å². The largest absolute Gasteiger partial charge is 0.476 e. The molecule has 0 aliphatic heterocycles. The first-order valence-corrected chi connectivity index (χ1v) is 8.47. The molecule has 0 saturated heterocycles. The van der Waals surface area contributed by atoms with Gasteiger partial charge in [-0.3, -0.25) is 0 Å². The highest BCUT2D eigenvalue weighted by atomic mass is 32.1. The number of anilines is 1. The van der Waals surface area contributed by atoms with Crippen molar-refractivity contribution < 1.29 is 18.7 Å². The summed E-state index contributed by atoms with van der Waals surface area (Å²) in [4.78, 5) is 16.7. The summed E-state index contributed by atoms with van der Waals surface area (Å²) in [5, 5.41) is 10.2. The van der Waals surface area contributed by atoms with Crippen molar-refractivity contribution in [2.45, 2.75) is 38.5 Å². The van der Waals surface area contributed by atoms with Gasteiger partial charge in [-0.05, 0) is 18.4 Å². The minimum absolute atomic E-state index is 0.0305. The first kappa shape index (κ1) is 15.4. The van der Waals surface area contributed by atoms with E-state index < -0.39 is 11.9 Å². The second-order valence-electron chi connectivity index (χ2n) is 5.23. The molecule has 0 aromatic carbocycles. The molecular formula is C14H14F2N2O2S2. The molecule has 0 fully saturated rings. The van der Waals surface area contributed by atoms with Gasteiger partial charge < -0.3 is 10.8 Å². The molecule has 0 unspecified atom stereocenters. The Hall–Kier alpha value is -1.54. The van der Waals surface area contributed by atoms with Crippen LogP contribution in [0.5, 0.6) is 0 Å². The summed E-state index contributed by atoms with van der Waals surface area (Å²) in [6.45, 7) is 1.86. The second kappa shape index (κ2) is 5.27. The first-order chi connectivity index (χ1) is 10.3. The van der Waals surface area contributed by atoms with E-state index in [1.807, 2.05) is 6.92 Å². The number of hydrogen-bond donors (Lipinski definition) is 2. The van der Waals surface area contributed by atoms with E-state index in [1.54, 1.807) is 0 Å². The SMILES string of the molecule is CCc1sc(-c2c(N)sc3c2CCC(F)(F)C3)nc1C(=O)O. The van der Waals surface area contributed by atoms with Crippen LogP contribution in [0, 0.1) is 0 Å². The van der Waals surface area contributed by atoms with Crippen molar-refractivity contribution in [2.24, 2.45) is 0 Å². The molecule has 2 aromatic heterocycles. The number of aromatic nitrogens is 1. The number of carboxylic acid groups (broad SMARTS) is 1. The highest BCUT2D eigenvalue weighted by Crippen LogP contribution is 2.47. The average Bonchev–Trinajstić information content (AvgIpc) is 2.97. The molecule has 1 aliphatic carbocycles. The van der Waals surface area contributed by atoms with Gasteiger partial charge in [0.1, 0.15) is 5.01 Å². The maximum absolute atomic E-state index is 13.5. The van der Waals surface area contributed by atoms with Crippen molar-refractivity contribution in [3.8, 4) is 10.6 Å². The molecule has 8 heteroatoms. The van der Waals surface area contributed by atoms with Crippen LogP contribution in [0.25, 0.3) is 10.6 Å². The van der Waals surface area contributed by atoms with Crippen molar-refractivity contribution >= 4 is 33.6 Å². The summed E-state index contributed by atoms with van der Waals surface area (Å²) < 4.78 is 27.1. The van der Waals surface area contributed by atoms with Gasteiger partial charge in [0.15, 0.2) is 5.69 Å². The highest BCUT2D eigenvalue weighted by molar-refractivity contribution is 7.18. The first-order valence-electron chi connectivity index (χ1n) is 6.83. The number of hydrogen-bond acceptors (Lipinski definition) is 5. The number of carboxylic acids is 1. The zero-order chi connectivity index (χ0) is 16.1.